The summed E-state index contributed by atoms with van der Waals surface area (Å²) in [5, 5.41) is 6.02. The second-order valence-electron chi connectivity index (χ2n) is 4.48. The number of dihydropyridines is 1. The van der Waals surface area contributed by atoms with Gasteiger partial charge in [-0.3, -0.25) is 0 Å². The van der Waals surface area contributed by atoms with E-state index in [1.807, 2.05) is 18.4 Å². The van der Waals surface area contributed by atoms with Gasteiger partial charge in [0.1, 0.15) is 17.7 Å². The fraction of sp³-hybridized carbons (Fsp3) is 0.231. The zero-order chi connectivity index (χ0) is 14.2. The van der Waals surface area contributed by atoms with E-state index in [2.05, 4.69) is 20.6 Å². The standard InChI is InChI=1S/C13H11F3N4/c14-13(15,16)10-3-2-9(7-18-10)19-11-4-1-8-5-6-17-12(8)20-11/h1-8,12,17H,(H,19,20). The van der Waals surface area contributed by atoms with E-state index in [0.29, 0.717) is 11.5 Å². The smallest absolute Gasteiger partial charge is 0.369 e. The highest BCUT2D eigenvalue weighted by atomic mass is 19.4. The van der Waals surface area contributed by atoms with Crippen LogP contribution in [0, 0.1) is 5.92 Å². The van der Waals surface area contributed by atoms with Gasteiger partial charge in [0.15, 0.2) is 0 Å². The topological polar surface area (TPSA) is 49.3 Å². The lowest BCUT2D eigenvalue weighted by Gasteiger charge is -2.19. The number of fused-ring (bicyclic) bond motifs is 1. The third kappa shape index (κ3) is 2.52. The Bertz CT molecular complexity index is 587. The van der Waals surface area contributed by atoms with Crippen LogP contribution in [0.25, 0.3) is 0 Å². The van der Waals surface area contributed by atoms with E-state index in [1.54, 1.807) is 6.08 Å². The zero-order valence-corrected chi connectivity index (χ0v) is 10.2. The lowest BCUT2D eigenvalue weighted by molar-refractivity contribution is -0.141. The zero-order valence-electron chi connectivity index (χ0n) is 10.2. The molecule has 2 aliphatic rings. The Kier molecular flexibility index (Phi) is 2.96. The second-order valence-corrected chi connectivity index (χ2v) is 4.48. The molecule has 0 saturated carbocycles. The number of hydrogen-bond donors (Lipinski definition) is 2. The molecule has 0 spiro atoms. The molecule has 3 heterocycles. The Labute approximate surface area is 113 Å². The molecule has 0 bridgehead atoms. The molecule has 0 saturated heterocycles. The van der Waals surface area contributed by atoms with Gasteiger partial charge >= 0.3 is 6.18 Å². The average molecular weight is 280 g/mol. The molecule has 2 atom stereocenters. The average Bonchev–Trinajstić information content (AvgIpc) is 2.86. The van der Waals surface area contributed by atoms with Gasteiger partial charge in [-0.2, -0.15) is 13.2 Å². The van der Waals surface area contributed by atoms with E-state index in [1.165, 1.54) is 6.07 Å². The van der Waals surface area contributed by atoms with Gasteiger partial charge in [-0.15, -0.1) is 0 Å². The Balaban J connectivity index is 1.71. The summed E-state index contributed by atoms with van der Waals surface area (Å²) < 4.78 is 37.2. The highest BCUT2D eigenvalue weighted by Gasteiger charge is 2.32. The number of hydrogen-bond acceptors (Lipinski definition) is 4. The molecule has 2 aliphatic heterocycles. The molecule has 7 heteroatoms. The molecular weight excluding hydrogens is 269 g/mol. The molecule has 104 valence electrons. The van der Waals surface area contributed by atoms with E-state index >= 15 is 0 Å². The van der Waals surface area contributed by atoms with Gasteiger partial charge in [0.05, 0.1) is 11.9 Å². The van der Waals surface area contributed by atoms with Gasteiger partial charge in [-0.1, -0.05) is 12.2 Å². The number of alkyl halides is 3. The van der Waals surface area contributed by atoms with Crippen molar-refractivity contribution in [2.24, 2.45) is 10.9 Å². The van der Waals surface area contributed by atoms with Crippen molar-refractivity contribution in [1.29, 1.82) is 0 Å². The number of nitrogens with one attached hydrogen (secondary N) is 2. The Morgan fingerprint density at radius 3 is 2.75 bits per heavy atom. The van der Waals surface area contributed by atoms with Crippen LogP contribution in [0.3, 0.4) is 0 Å². The molecule has 0 amide bonds. The van der Waals surface area contributed by atoms with Gasteiger partial charge < -0.3 is 10.6 Å². The van der Waals surface area contributed by atoms with Crippen molar-refractivity contribution in [2.45, 2.75) is 12.3 Å². The first-order valence-corrected chi connectivity index (χ1v) is 6.01. The lowest BCUT2D eigenvalue weighted by atomic mass is 10.1. The number of aromatic nitrogens is 1. The maximum absolute atomic E-state index is 12.4. The number of nitrogens with zero attached hydrogens (tertiary/aromatic N) is 2. The normalized spacial score (nSPS) is 24.1. The molecule has 3 rings (SSSR count). The molecule has 0 radical (unpaired) electrons. The summed E-state index contributed by atoms with van der Waals surface area (Å²) in [7, 11) is 0. The largest absolute Gasteiger partial charge is 0.433 e. The molecule has 0 aliphatic carbocycles. The van der Waals surface area contributed by atoms with Gasteiger partial charge in [-0.25, -0.2) is 9.98 Å². The van der Waals surface area contributed by atoms with Gasteiger partial charge in [0.2, 0.25) is 0 Å². The number of rotatable bonds is 1. The molecule has 2 N–H and O–H groups in total. The number of amidine groups is 1. The van der Waals surface area contributed by atoms with Crippen molar-refractivity contribution in [2.75, 3.05) is 5.32 Å². The summed E-state index contributed by atoms with van der Waals surface area (Å²) in [5.74, 6) is 0.815. The van der Waals surface area contributed by atoms with E-state index < -0.39 is 11.9 Å². The van der Waals surface area contributed by atoms with Crippen molar-refractivity contribution in [3.05, 3.63) is 48.5 Å². The maximum atomic E-state index is 12.4. The molecule has 0 aromatic carbocycles. The van der Waals surface area contributed by atoms with Crippen LogP contribution in [0.5, 0.6) is 0 Å². The van der Waals surface area contributed by atoms with E-state index in [4.69, 9.17) is 0 Å². The molecule has 2 unspecified atom stereocenters. The lowest BCUT2D eigenvalue weighted by Crippen LogP contribution is -2.29. The minimum Gasteiger partial charge on any atom is -0.369 e. The van der Waals surface area contributed by atoms with Crippen molar-refractivity contribution in [1.82, 2.24) is 10.3 Å². The van der Waals surface area contributed by atoms with E-state index in [9.17, 15) is 13.2 Å². The third-order valence-electron chi connectivity index (χ3n) is 3.03. The van der Waals surface area contributed by atoms with Gasteiger partial charge in [-0.05, 0) is 24.4 Å². The fourth-order valence-corrected chi connectivity index (χ4v) is 2.03. The van der Waals surface area contributed by atoms with Crippen molar-refractivity contribution >= 4 is 11.5 Å². The van der Waals surface area contributed by atoms with Crippen LogP contribution < -0.4 is 10.6 Å². The molecule has 1 aromatic heterocycles. The third-order valence-corrected chi connectivity index (χ3v) is 3.03. The van der Waals surface area contributed by atoms with Crippen LogP contribution >= 0.6 is 0 Å². The van der Waals surface area contributed by atoms with Gasteiger partial charge in [0.25, 0.3) is 0 Å². The Morgan fingerprint density at radius 1 is 1.20 bits per heavy atom. The first-order chi connectivity index (χ1) is 9.52. The summed E-state index contributed by atoms with van der Waals surface area (Å²) in [6.07, 6.45) is 4.29. The summed E-state index contributed by atoms with van der Waals surface area (Å²) in [4.78, 5) is 7.79. The minimum atomic E-state index is -4.42. The minimum absolute atomic E-state index is 0.0510. The van der Waals surface area contributed by atoms with Crippen LogP contribution in [0.15, 0.2) is 47.7 Å². The molecular formula is C13H11F3N4. The quantitative estimate of drug-likeness (QED) is 0.831. The molecule has 0 fully saturated rings. The number of halogens is 3. The fourth-order valence-electron chi connectivity index (χ4n) is 2.03. The van der Waals surface area contributed by atoms with Crippen LogP contribution in [-0.4, -0.2) is 17.0 Å². The summed E-state index contributed by atoms with van der Waals surface area (Å²) in [6.45, 7) is 0. The summed E-state index contributed by atoms with van der Waals surface area (Å²) in [6, 6.07) is 2.27. The second kappa shape index (κ2) is 4.66. The van der Waals surface area contributed by atoms with Crippen molar-refractivity contribution in [3.63, 3.8) is 0 Å². The van der Waals surface area contributed by atoms with Gasteiger partial charge in [0, 0.05) is 5.92 Å². The first kappa shape index (κ1) is 12.7. The highest BCUT2D eigenvalue weighted by Crippen LogP contribution is 2.28. The molecule has 4 nitrogen and oxygen atoms in total. The van der Waals surface area contributed by atoms with Crippen LogP contribution in [-0.2, 0) is 6.18 Å². The van der Waals surface area contributed by atoms with Crippen molar-refractivity contribution in [3.8, 4) is 0 Å². The predicted molar refractivity (Wildman–Crippen MR) is 69.0 cm³/mol. The number of pyridine rings is 1. The monoisotopic (exact) mass is 280 g/mol. The Morgan fingerprint density at radius 2 is 2.05 bits per heavy atom. The molecule has 1 aromatic rings. The maximum Gasteiger partial charge on any atom is 0.433 e. The van der Waals surface area contributed by atoms with Crippen molar-refractivity contribution < 1.29 is 13.2 Å². The summed E-state index contributed by atoms with van der Waals surface area (Å²) in [5.41, 5.74) is -0.447. The first-order valence-electron chi connectivity index (χ1n) is 6.01. The summed E-state index contributed by atoms with van der Waals surface area (Å²) >= 11 is 0. The van der Waals surface area contributed by atoms with E-state index in [0.717, 1.165) is 12.3 Å². The predicted octanol–water partition coefficient (Wildman–Crippen LogP) is 2.54. The number of aliphatic imine (C=N–C) groups is 1. The van der Waals surface area contributed by atoms with Crippen LogP contribution in [0.4, 0.5) is 18.9 Å². The van der Waals surface area contributed by atoms with E-state index in [-0.39, 0.29) is 12.1 Å². The SMILES string of the molecule is FC(F)(F)c1ccc(NC2=NC3NC=CC3C=C2)cn1. The number of anilines is 1. The van der Waals surface area contributed by atoms with Crippen LogP contribution in [0.1, 0.15) is 5.69 Å². The highest BCUT2D eigenvalue weighted by molar-refractivity contribution is 6.04. The molecule has 20 heavy (non-hydrogen) atoms. The Hall–Kier alpha value is -2.31. The van der Waals surface area contributed by atoms with Crippen LogP contribution in [0.2, 0.25) is 0 Å².